The number of carbonyl (C=O) groups excluding carboxylic acids is 1. The molecule has 1 N–H and O–H groups in total. The van der Waals surface area contributed by atoms with Gasteiger partial charge in [0.25, 0.3) is 0 Å². The van der Waals surface area contributed by atoms with Crippen molar-refractivity contribution in [1.29, 1.82) is 0 Å². The molecule has 0 heterocycles. The second kappa shape index (κ2) is 8.77. The van der Waals surface area contributed by atoms with Crippen molar-refractivity contribution in [2.45, 2.75) is 26.8 Å². The molecule has 0 amide bonds. The van der Waals surface area contributed by atoms with Crippen LogP contribution in [0.3, 0.4) is 0 Å². The summed E-state index contributed by atoms with van der Waals surface area (Å²) in [6.07, 6.45) is 1.05. The van der Waals surface area contributed by atoms with Crippen LogP contribution in [0.4, 0.5) is 0 Å². The SMILES string of the molecule is CCCNCc1c(Cl)cccc1OCC(=O)OCC. The Kier molecular flexibility index (Phi) is 7.30. The number of ether oxygens (including phenoxy) is 2. The van der Waals surface area contributed by atoms with Crippen LogP contribution < -0.4 is 10.1 Å². The molecule has 5 heteroatoms. The number of hydrogen-bond donors (Lipinski definition) is 1. The van der Waals surface area contributed by atoms with E-state index in [0.717, 1.165) is 18.5 Å². The van der Waals surface area contributed by atoms with Crippen molar-refractivity contribution in [2.24, 2.45) is 0 Å². The van der Waals surface area contributed by atoms with Crippen molar-refractivity contribution in [2.75, 3.05) is 19.8 Å². The zero-order chi connectivity index (χ0) is 14.1. The van der Waals surface area contributed by atoms with Crippen LogP contribution in [0.25, 0.3) is 0 Å². The predicted octanol–water partition coefficient (Wildman–Crippen LogP) is 2.78. The standard InChI is InChI=1S/C14H20ClNO3/c1-3-8-16-9-11-12(15)6-5-7-13(11)19-10-14(17)18-4-2/h5-7,16H,3-4,8-10H2,1-2H3. The van der Waals surface area contributed by atoms with Crippen LogP contribution in [0.15, 0.2) is 18.2 Å². The first kappa shape index (κ1) is 15.8. The monoisotopic (exact) mass is 285 g/mol. The molecule has 0 aliphatic heterocycles. The van der Waals surface area contributed by atoms with E-state index >= 15 is 0 Å². The molecule has 19 heavy (non-hydrogen) atoms. The third-order valence-corrected chi connectivity index (χ3v) is 2.81. The molecule has 1 aromatic rings. The highest BCUT2D eigenvalue weighted by Crippen LogP contribution is 2.26. The molecule has 0 saturated heterocycles. The van der Waals surface area contributed by atoms with Crippen molar-refractivity contribution in [1.82, 2.24) is 5.32 Å². The summed E-state index contributed by atoms with van der Waals surface area (Å²) < 4.78 is 10.3. The first-order valence-electron chi connectivity index (χ1n) is 6.45. The summed E-state index contributed by atoms with van der Waals surface area (Å²) in [4.78, 5) is 11.3. The molecule has 1 rings (SSSR count). The number of benzene rings is 1. The maximum Gasteiger partial charge on any atom is 0.344 e. The Labute approximate surface area is 119 Å². The number of hydrogen-bond acceptors (Lipinski definition) is 4. The number of carbonyl (C=O) groups is 1. The lowest BCUT2D eigenvalue weighted by molar-refractivity contribution is -0.145. The van der Waals surface area contributed by atoms with Crippen LogP contribution in [0.5, 0.6) is 5.75 Å². The Morgan fingerprint density at radius 2 is 2.16 bits per heavy atom. The van der Waals surface area contributed by atoms with Crippen LogP contribution in [-0.2, 0) is 16.1 Å². The Morgan fingerprint density at radius 1 is 1.37 bits per heavy atom. The smallest absolute Gasteiger partial charge is 0.344 e. The van der Waals surface area contributed by atoms with E-state index in [1.165, 1.54) is 0 Å². The molecule has 0 aliphatic rings. The second-order valence-electron chi connectivity index (χ2n) is 3.99. The van der Waals surface area contributed by atoms with E-state index in [1.54, 1.807) is 19.1 Å². The highest BCUT2D eigenvalue weighted by Gasteiger charge is 2.10. The Hall–Kier alpha value is -1.26. The van der Waals surface area contributed by atoms with E-state index in [9.17, 15) is 4.79 Å². The maximum atomic E-state index is 11.3. The lowest BCUT2D eigenvalue weighted by Gasteiger charge is -2.13. The summed E-state index contributed by atoms with van der Waals surface area (Å²) in [5, 5.41) is 3.89. The van der Waals surface area contributed by atoms with E-state index in [-0.39, 0.29) is 12.6 Å². The zero-order valence-electron chi connectivity index (χ0n) is 11.4. The average Bonchev–Trinajstić information content (AvgIpc) is 2.39. The fraction of sp³-hybridized carbons (Fsp3) is 0.500. The van der Waals surface area contributed by atoms with E-state index in [4.69, 9.17) is 21.1 Å². The van der Waals surface area contributed by atoms with Gasteiger partial charge in [-0.15, -0.1) is 0 Å². The number of rotatable bonds is 8. The van der Waals surface area contributed by atoms with Gasteiger partial charge in [-0.1, -0.05) is 24.6 Å². The van der Waals surface area contributed by atoms with Gasteiger partial charge in [-0.25, -0.2) is 4.79 Å². The van der Waals surface area contributed by atoms with Crippen LogP contribution in [0, 0.1) is 0 Å². The number of nitrogens with one attached hydrogen (secondary N) is 1. The molecule has 0 bridgehead atoms. The van der Waals surface area contributed by atoms with Gasteiger partial charge >= 0.3 is 5.97 Å². The number of halogens is 1. The molecule has 0 unspecified atom stereocenters. The molecule has 0 atom stereocenters. The van der Waals surface area contributed by atoms with Gasteiger partial charge in [-0.2, -0.15) is 0 Å². The van der Waals surface area contributed by atoms with Gasteiger partial charge in [-0.05, 0) is 32.0 Å². The molecule has 106 valence electrons. The van der Waals surface area contributed by atoms with Gasteiger partial charge in [0.15, 0.2) is 6.61 Å². The first-order valence-corrected chi connectivity index (χ1v) is 6.83. The summed E-state index contributed by atoms with van der Waals surface area (Å²) in [5.74, 6) is 0.235. The van der Waals surface area contributed by atoms with Crippen LogP contribution in [0.1, 0.15) is 25.8 Å². The lowest BCUT2D eigenvalue weighted by Crippen LogP contribution is -2.18. The fourth-order valence-electron chi connectivity index (χ4n) is 1.58. The van der Waals surface area contributed by atoms with Gasteiger partial charge in [0.2, 0.25) is 0 Å². The van der Waals surface area contributed by atoms with Crippen LogP contribution >= 0.6 is 11.6 Å². The third-order valence-electron chi connectivity index (χ3n) is 2.46. The highest BCUT2D eigenvalue weighted by atomic mass is 35.5. The molecule has 0 radical (unpaired) electrons. The van der Waals surface area contributed by atoms with Gasteiger partial charge in [0, 0.05) is 17.1 Å². The third kappa shape index (κ3) is 5.49. The van der Waals surface area contributed by atoms with Crippen LogP contribution in [-0.4, -0.2) is 25.7 Å². The Morgan fingerprint density at radius 3 is 2.84 bits per heavy atom. The van der Waals surface area contributed by atoms with Crippen molar-refractivity contribution in [3.63, 3.8) is 0 Å². The second-order valence-corrected chi connectivity index (χ2v) is 4.39. The molecule has 1 aromatic carbocycles. The molecule has 0 fully saturated rings. The zero-order valence-corrected chi connectivity index (χ0v) is 12.1. The average molecular weight is 286 g/mol. The van der Waals surface area contributed by atoms with Gasteiger partial charge in [0.1, 0.15) is 5.75 Å². The first-order chi connectivity index (χ1) is 9.19. The summed E-state index contributed by atoms with van der Waals surface area (Å²) in [7, 11) is 0. The van der Waals surface area contributed by atoms with Crippen molar-refractivity contribution in [3.8, 4) is 5.75 Å². The Balaban J connectivity index is 2.65. The quantitative estimate of drug-likeness (QED) is 0.589. The minimum absolute atomic E-state index is 0.102. The van der Waals surface area contributed by atoms with Gasteiger partial charge in [0.05, 0.1) is 6.61 Å². The molecule has 0 saturated carbocycles. The molecular formula is C14H20ClNO3. The summed E-state index contributed by atoms with van der Waals surface area (Å²) in [6.45, 7) is 5.63. The van der Waals surface area contributed by atoms with Crippen LogP contribution in [0.2, 0.25) is 5.02 Å². The summed E-state index contributed by atoms with van der Waals surface area (Å²) in [6, 6.07) is 5.40. The highest BCUT2D eigenvalue weighted by molar-refractivity contribution is 6.31. The van der Waals surface area contributed by atoms with Gasteiger partial charge in [-0.3, -0.25) is 0 Å². The lowest BCUT2D eigenvalue weighted by atomic mass is 10.2. The normalized spacial score (nSPS) is 10.3. The largest absolute Gasteiger partial charge is 0.482 e. The Bertz CT molecular complexity index is 410. The van der Waals surface area contributed by atoms with Crippen molar-refractivity contribution >= 4 is 17.6 Å². The fourth-order valence-corrected chi connectivity index (χ4v) is 1.81. The van der Waals surface area contributed by atoms with E-state index in [2.05, 4.69) is 12.2 Å². The summed E-state index contributed by atoms with van der Waals surface area (Å²) in [5.41, 5.74) is 0.863. The summed E-state index contributed by atoms with van der Waals surface area (Å²) >= 11 is 6.15. The minimum atomic E-state index is -0.380. The predicted molar refractivity (Wildman–Crippen MR) is 75.6 cm³/mol. The topological polar surface area (TPSA) is 47.6 Å². The molecule has 4 nitrogen and oxygen atoms in total. The molecule has 0 aromatic heterocycles. The molecule has 0 aliphatic carbocycles. The van der Waals surface area contributed by atoms with Gasteiger partial charge < -0.3 is 14.8 Å². The number of esters is 1. The van der Waals surface area contributed by atoms with Crippen molar-refractivity contribution in [3.05, 3.63) is 28.8 Å². The molecule has 0 spiro atoms. The molecular weight excluding hydrogens is 266 g/mol. The van der Waals surface area contributed by atoms with E-state index in [1.807, 2.05) is 6.07 Å². The van der Waals surface area contributed by atoms with E-state index in [0.29, 0.717) is 23.9 Å². The minimum Gasteiger partial charge on any atom is -0.482 e. The van der Waals surface area contributed by atoms with Crippen molar-refractivity contribution < 1.29 is 14.3 Å². The van der Waals surface area contributed by atoms with E-state index < -0.39 is 0 Å². The maximum absolute atomic E-state index is 11.3.